The molecule has 132 valence electrons. The van der Waals surface area contributed by atoms with E-state index >= 15 is 0 Å². The Balaban J connectivity index is 2.64. The number of allylic oxidation sites excluding steroid dienone is 2. The maximum absolute atomic E-state index is 12.4. The second kappa shape index (κ2) is 8.98. The summed E-state index contributed by atoms with van der Waals surface area (Å²) in [5.74, 6) is 0.166. The summed E-state index contributed by atoms with van der Waals surface area (Å²) in [6.07, 6.45) is 7.06. The highest BCUT2D eigenvalue weighted by molar-refractivity contribution is 6.77. The van der Waals surface area contributed by atoms with E-state index in [2.05, 4.69) is 54.2 Å². The zero-order chi connectivity index (χ0) is 17.6. The summed E-state index contributed by atoms with van der Waals surface area (Å²) in [6, 6.07) is 0. The van der Waals surface area contributed by atoms with Crippen LogP contribution in [0, 0.1) is 0 Å². The van der Waals surface area contributed by atoms with Gasteiger partial charge in [-0.05, 0) is 59.9 Å². The molecule has 0 saturated carbocycles. The second-order valence-electron chi connectivity index (χ2n) is 7.82. The molecule has 0 fully saturated rings. The van der Waals surface area contributed by atoms with Gasteiger partial charge in [0.15, 0.2) is 14.1 Å². The number of Topliss-reactive ketones (excluding diaryl/α,β-unsaturated/α-hetero) is 1. The normalized spacial score (nSPS) is 16.1. The van der Waals surface area contributed by atoms with E-state index in [0.29, 0.717) is 29.7 Å². The molecule has 1 aliphatic carbocycles. The highest BCUT2D eigenvalue weighted by Gasteiger charge is 2.44. The van der Waals surface area contributed by atoms with Gasteiger partial charge in [-0.1, -0.05) is 54.2 Å². The van der Waals surface area contributed by atoms with Crippen LogP contribution in [0.15, 0.2) is 23.8 Å². The molecule has 0 amide bonds. The summed E-state index contributed by atoms with van der Waals surface area (Å²) in [6.45, 7) is 18.4. The maximum atomic E-state index is 12.4. The molecule has 1 rings (SSSR count). The topological polar surface area (TPSA) is 26.3 Å². The zero-order valence-corrected chi connectivity index (χ0v) is 17.1. The fourth-order valence-electron chi connectivity index (χ4n) is 4.24. The van der Waals surface area contributed by atoms with Crippen LogP contribution in [0.2, 0.25) is 16.6 Å². The number of carbonyl (C=O) groups is 1. The Labute approximate surface area is 144 Å². The van der Waals surface area contributed by atoms with Gasteiger partial charge in [0, 0.05) is 6.61 Å². The summed E-state index contributed by atoms with van der Waals surface area (Å²) < 4.78 is 6.53. The lowest BCUT2D eigenvalue weighted by molar-refractivity contribution is -0.112. The maximum Gasteiger partial charge on any atom is 0.200 e. The van der Waals surface area contributed by atoms with Crippen LogP contribution in [0.3, 0.4) is 0 Å². The number of carbonyl (C=O) groups excluding carboxylic acids is 1. The monoisotopic (exact) mass is 336 g/mol. The second-order valence-corrected chi connectivity index (χ2v) is 13.3. The summed E-state index contributed by atoms with van der Waals surface area (Å²) in [5.41, 5.74) is 3.42. The Kier molecular flexibility index (Phi) is 7.95. The van der Waals surface area contributed by atoms with Gasteiger partial charge in [-0.15, -0.1) is 0 Å². The molecule has 0 aromatic rings. The van der Waals surface area contributed by atoms with E-state index in [9.17, 15) is 4.79 Å². The lowest BCUT2D eigenvalue weighted by Gasteiger charge is -2.42. The summed E-state index contributed by atoms with van der Waals surface area (Å²) in [7, 11) is -1.84. The number of rotatable bonds is 9. The smallest absolute Gasteiger partial charge is 0.200 e. The number of hydrogen-bond acceptors (Lipinski definition) is 2. The van der Waals surface area contributed by atoms with Crippen molar-refractivity contribution in [1.82, 2.24) is 0 Å². The standard InChI is InChI=1S/C20H36O2Si/c1-15(2)23(16(3)4,17(5)6)22-14-13-18(7)20(21)19-11-9-8-10-12-19/h11,15-17H,7-10,12-14H2,1-6H3. The molecule has 0 bridgehead atoms. The molecule has 0 aliphatic heterocycles. The van der Waals surface area contributed by atoms with Crippen LogP contribution in [-0.2, 0) is 9.22 Å². The molecular formula is C20H36O2Si. The quantitative estimate of drug-likeness (QED) is 0.370. The summed E-state index contributed by atoms with van der Waals surface area (Å²) >= 11 is 0. The molecule has 0 saturated heterocycles. The zero-order valence-electron chi connectivity index (χ0n) is 16.1. The first kappa shape index (κ1) is 20.4. The van der Waals surface area contributed by atoms with Crippen LogP contribution in [0.5, 0.6) is 0 Å². The van der Waals surface area contributed by atoms with E-state index in [-0.39, 0.29) is 5.78 Å². The van der Waals surface area contributed by atoms with Crippen molar-refractivity contribution in [3.05, 3.63) is 23.8 Å². The predicted octanol–water partition coefficient (Wildman–Crippen LogP) is 6.19. The van der Waals surface area contributed by atoms with Gasteiger partial charge in [0.1, 0.15) is 0 Å². The van der Waals surface area contributed by atoms with E-state index in [1.165, 1.54) is 6.42 Å². The summed E-state index contributed by atoms with van der Waals surface area (Å²) in [5, 5.41) is 0. The largest absolute Gasteiger partial charge is 0.416 e. The van der Waals surface area contributed by atoms with Crippen molar-refractivity contribution >= 4 is 14.1 Å². The van der Waals surface area contributed by atoms with Crippen molar-refractivity contribution in [3.8, 4) is 0 Å². The van der Waals surface area contributed by atoms with E-state index in [0.717, 1.165) is 30.4 Å². The Bertz CT molecular complexity index is 425. The average molecular weight is 337 g/mol. The molecule has 0 radical (unpaired) electrons. The van der Waals surface area contributed by atoms with Gasteiger partial charge >= 0.3 is 0 Å². The third-order valence-corrected chi connectivity index (χ3v) is 11.5. The lowest BCUT2D eigenvalue weighted by atomic mass is 9.92. The summed E-state index contributed by atoms with van der Waals surface area (Å²) in [4.78, 5) is 12.4. The van der Waals surface area contributed by atoms with E-state index < -0.39 is 8.32 Å². The molecule has 1 aliphatic rings. The van der Waals surface area contributed by atoms with Crippen LogP contribution >= 0.6 is 0 Å². The molecule has 0 aromatic heterocycles. The molecule has 0 unspecified atom stereocenters. The first-order valence-corrected chi connectivity index (χ1v) is 11.4. The van der Waals surface area contributed by atoms with Crippen LogP contribution in [0.4, 0.5) is 0 Å². The van der Waals surface area contributed by atoms with Crippen molar-refractivity contribution in [2.24, 2.45) is 0 Å². The van der Waals surface area contributed by atoms with Crippen molar-refractivity contribution in [2.45, 2.75) is 90.3 Å². The van der Waals surface area contributed by atoms with Crippen molar-refractivity contribution < 1.29 is 9.22 Å². The first-order valence-electron chi connectivity index (χ1n) is 9.28. The van der Waals surface area contributed by atoms with Gasteiger partial charge in [-0.25, -0.2) is 0 Å². The molecule has 0 heterocycles. The van der Waals surface area contributed by atoms with Crippen LogP contribution in [0.1, 0.15) is 73.6 Å². The van der Waals surface area contributed by atoms with Gasteiger partial charge < -0.3 is 4.43 Å². The van der Waals surface area contributed by atoms with Gasteiger partial charge in [0.25, 0.3) is 0 Å². The Morgan fingerprint density at radius 1 is 1.13 bits per heavy atom. The SMILES string of the molecule is C=C(CCO[Si](C(C)C)(C(C)C)C(C)C)C(=O)C1=CCCCC1. The van der Waals surface area contributed by atoms with Crippen molar-refractivity contribution in [1.29, 1.82) is 0 Å². The molecule has 23 heavy (non-hydrogen) atoms. The fourth-order valence-corrected chi connectivity index (χ4v) is 9.69. The van der Waals surface area contributed by atoms with Gasteiger partial charge in [0.2, 0.25) is 0 Å². The number of hydrogen-bond donors (Lipinski definition) is 0. The molecule has 0 spiro atoms. The highest BCUT2D eigenvalue weighted by atomic mass is 28.4. The molecule has 0 aromatic carbocycles. The Hall–Kier alpha value is -0.673. The minimum atomic E-state index is -1.84. The van der Waals surface area contributed by atoms with Gasteiger partial charge in [0.05, 0.1) is 0 Å². The van der Waals surface area contributed by atoms with Crippen molar-refractivity contribution in [2.75, 3.05) is 6.61 Å². The minimum Gasteiger partial charge on any atom is -0.416 e. The molecule has 0 N–H and O–H groups in total. The highest BCUT2D eigenvalue weighted by Crippen LogP contribution is 2.42. The van der Waals surface area contributed by atoms with Crippen molar-refractivity contribution in [3.63, 3.8) is 0 Å². The minimum absolute atomic E-state index is 0.166. The van der Waals surface area contributed by atoms with Crippen LogP contribution in [0.25, 0.3) is 0 Å². The molecule has 3 heteroatoms. The van der Waals surface area contributed by atoms with Gasteiger partial charge in [-0.2, -0.15) is 0 Å². The first-order chi connectivity index (χ1) is 10.7. The third-order valence-electron chi connectivity index (χ3n) is 5.37. The molecular weight excluding hydrogens is 300 g/mol. The van der Waals surface area contributed by atoms with E-state index in [1.54, 1.807) is 0 Å². The predicted molar refractivity (Wildman–Crippen MR) is 102 cm³/mol. The fraction of sp³-hybridized carbons (Fsp3) is 0.750. The number of ketones is 1. The van der Waals surface area contributed by atoms with Gasteiger partial charge in [-0.3, -0.25) is 4.79 Å². The van der Waals surface area contributed by atoms with Crippen LogP contribution in [-0.4, -0.2) is 20.7 Å². The van der Waals surface area contributed by atoms with E-state index in [1.807, 2.05) is 0 Å². The van der Waals surface area contributed by atoms with Crippen LogP contribution < -0.4 is 0 Å². The third kappa shape index (κ3) is 4.90. The lowest BCUT2D eigenvalue weighted by Crippen LogP contribution is -2.48. The molecule has 2 nitrogen and oxygen atoms in total. The Morgan fingerprint density at radius 3 is 2.13 bits per heavy atom. The average Bonchev–Trinajstić information content (AvgIpc) is 2.50. The Morgan fingerprint density at radius 2 is 1.70 bits per heavy atom. The molecule has 0 atom stereocenters. The van der Waals surface area contributed by atoms with E-state index in [4.69, 9.17) is 4.43 Å².